The van der Waals surface area contributed by atoms with Gasteiger partial charge in [0.15, 0.2) is 24.1 Å². The van der Waals surface area contributed by atoms with Crippen LogP contribution in [0.25, 0.3) is 6.08 Å². The predicted molar refractivity (Wildman–Crippen MR) is 93.2 cm³/mol. The number of carbonyl (C=O) groups is 2. The van der Waals surface area contributed by atoms with Crippen LogP contribution in [0.15, 0.2) is 22.6 Å². The molecule has 0 aromatic carbocycles. The van der Waals surface area contributed by atoms with Crippen LogP contribution < -0.4 is 0 Å². The van der Waals surface area contributed by atoms with Crippen LogP contribution in [-0.4, -0.2) is 48.7 Å². The molecule has 0 spiro atoms. The van der Waals surface area contributed by atoms with E-state index in [4.69, 9.17) is 23.7 Å². The third-order valence-corrected chi connectivity index (χ3v) is 4.72. The van der Waals surface area contributed by atoms with E-state index in [0.717, 1.165) is 5.56 Å². The molecule has 142 valence electrons. The molecule has 0 unspecified atom stereocenters. The van der Waals surface area contributed by atoms with E-state index < -0.39 is 42.1 Å². The molecule has 2 fully saturated rings. The van der Waals surface area contributed by atoms with Gasteiger partial charge in [0.1, 0.15) is 11.9 Å². The monoisotopic (exact) mass is 382 g/mol. The SMILES string of the molecule is CC(=O)O[C@H]1[C@@H]([C@H]2COC(C)(C)O2)O/C(=C\c2ccsc2)[C@@H]1OC(C)=O. The van der Waals surface area contributed by atoms with Crippen LogP contribution >= 0.6 is 11.3 Å². The van der Waals surface area contributed by atoms with Crippen molar-refractivity contribution in [2.45, 2.75) is 57.9 Å². The van der Waals surface area contributed by atoms with Crippen molar-refractivity contribution in [1.29, 1.82) is 0 Å². The maximum atomic E-state index is 11.6. The molecule has 2 saturated heterocycles. The highest BCUT2D eigenvalue weighted by atomic mass is 32.1. The van der Waals surface area contributed by atoms with E-state index in [-0.39, 0.29) is 6.61 Å². The predicted octanol–water partition coefficient (Wildman–Crippen LogP) is 2.50. The summed E-state index contributed by atoms with van der Waals surface area (Å²) in [5.74, 6) is -1.32. The molecule has 3 heterocycles. The maximum Gasteiger partial charge on any atom is 0.303 e. The summed E-state index contributed by atoms with van der Waals surface area (Å²) in [6, 6.07) is 1.91. The summed E-state index contributed by atoms with van der Waals surface area (Å²) in [5, 5.41) is 3.87. The Balaban J connectivity index is 1.92. The summed E-state index contributed by atoms with van der Waals surface area (Å²) in [5.41, 5.74) is 0.910. The molecular formula is C18H22O7S. The highest BCUT2D eigenvalue weighted by Crippen LogP contribution is 2.37. The van der Waals surface area contributed by atoms with Gasteiger partial charge in [-0.05, 0) is 42.3 Å². The Morgan fingerprint density at radius 3 is 2.54 bits per heavy atom. The van der Waals surface area contributed by atoms with Gasteiger partial charge in [-0.2, -0.15) is 11.3 Å². The van der Waals surface area contributed by atoms with E-state index in [1.54, 1.807) is 19.9 Å². The van der Waals surface area contributed by atoms with Crippen molar-refractivity contribution in [2.24, 2.45) is 0 Å². The van der Waals surface area contributed by atoms with Gasteiger partial charge in [-0.3, -0.25) is 9.59 Å². The van der Waals surface area contributed by atoms with Crippen LogP contribution in [0, 0.1) is 0 Å². The molecular weight excluding hydrogens is 360 g/mol. The fourth-order valence-corrected chi connectivity index (χ4v) is 3.67. The first kappa shape index (κ1) is 18.9. The molecule has 3 rings (SSSR count). The van der Waals surface area contributed by atoms with Crippen LogP contribution in [0.3, 0.4) is 0 Å². The Labute approximate surface area is 155 Å². The zero-order valence-electron chi connectivity index (χ0n) is 15.1. The molecule has 0 amide bonds. The fourth-order valence-electron chi connectivity index (χ4n) is 3.05. The molecule has 0 bridgehead atoms. The highest BCUT2D eigenvalue weighted by molar-refractivity contribution is 7.08. The average molecular weight is 382 g/mol. The van der Waals surface area contributed by atoms with Crippen molar-refractivity contribution in [3.63, 3.8) is 0 Å². The van der Waals surface area contributed by atoms with E-state index in [1.807, 2.05) is 16.8 Å². The number of rotatable bonds is 4. The van der Waals surface area contributed by atoms with E-state index in [2.05, 4.69) is 0 Å². The number of hydrogen-bond acceptors (Lipinski definition) is 8. The maximum absolute atomic E-state index is 11.6. The van der Waals surface area contributed by atoms with Crippen molar-refractivity contribution < 1.29 is 33.3 Å². The molecule has 0 aliphatic carbocycles. The van der Waals surface area contributed by atoms with Crippen molar-refractivity contribution in [3.05, 3.63) is 28.1 Å². The van der Waals surface area contributed by atoms with Gasteiger partial charge in [0.25, 0.3) is 0 Å². The minimum absolute atomic E-state index is 0.286. The molecule has 4 atom stereocenters. The summed E-state index contributed by atoms with van der Waals surface area (Å²) >= 11 is 1.54. The van der Waals surface area contributed by atoms with Gasteiger partial charge in [-0.15, -0.1) is 0 Å². The number of thiophene rings is 1. The summed E-state index contributed by atoms with van der Waals surface area (Å²) in [7, 11) is 0. The van der Waals surface area contributed by atoms with Crippen molar-refractivity contribution >= 4 is 29.4 Å². The first-order chi connectivity index (χ1) is 12.2. The molecule has 8 heteroatoms. The van der Waals surface area contributed by atoms with Gasteiger partial charge in [0.05, 0.1) is 6.61 Å². The molecule has 1 aromatic rings. The van der Waals surface area contributed by atoms with Gasteiger partial charge in [-0.25, -0.2) is 0 Å². The van der Waals surface area contributed by atoms with Gasteiger partial charge in [0.2, 0.25) is 0 Å². The van der Waals surface area contributed by atoms with Crippen molar-refractivity contribution in [2.75, 3.05) is 6.61 Å². The zero-order chi connectivity index (χ0) is 18.9. The number of ether oxygens (including phenoxy) is 5. The lowest BCUT2D eigenvalue weighted by Gasteiger charge is -2.25. The van der Waals surface area contributed by atoms with Crippen molar-refractivity contribution in [1.82, 2.24) is 0 Å². The van der Waals surface area contributed by atoms with Crippen LogP contribution in [-0.2, 0) is 33.3 Å². The van der Waals surface area contributed by atoms with E-state index in [9.17, 15) is 9.59 Å². The second-order valence-corrected chi connectivity index (χ2v) is 7.44. The molecule has 0 radical (unpaired) electrons. The number of esters is 2. The number of carbonyl (C=O) groups excluding carboxylic acids is 2. The lowest BCUT2D eigenvalue weighted by atomic mass is 10.0. The molecule has 0 saturated carbocycles. The lowest BCUT2D eigenvalue weighted by molar-refractivity contribution is -0.173. The third kappa shape index (κ3) is 4.25. The molecule has 2 aliphatic heterocycles. The average Bonchev–Trinajstić information content (AvgIpc) is 3.22. The van der Waals surface area contributed by atoms with Gasteiger partial charge in [0, 0.05) is 13.8 Å². The van der Waals surface area contributed by atoms with Gasteiger partial charge >= 0.3 is 11.9 Å². The largest absolute Gasteiger partial charge is 0.484 e. The first-order valence-electron chi connectivity index (χ1n) is 8.32. The minimum Gasteiger partial charge on any atom is -0.484 e. The summed E-state index contributed by atoms with van der Waals surface area (Å²) in [6.45, 7) is 6.49. The van der Waals surface area contributed by atoms with E-state index >= 15 is 0 Å². The molecule has 26 heavy (non-hydrogen) atoms. The normalized spacial score (nSPS) is 31.6. The summed E-state index contributed by atoms with van der Waals surface area (Å²) in [4.78, 5) is 23.2. The van der Waals surface area contributed by atoms with Crippen LogP contribution in [0.5, 0.6) is 0 Å². The highest BCUT2D eigenvalue weighted by Gasteiger charge is 2.53. The summed E-state index contributed by atoms with van der Waals surface area (Å²) < 4.78 is 28.4. The lowest BCUT2D eigenvalue weighted by Crippen LogP contribution is -2.44. The molecule has 7 nitrogen and oxygen atoms in total. The molecule has 1 aromatic heterocycles. The standard InChI is InChI=1S/C18H22O7S/c1-10(19)22-15-13(7-12-5-6-26-9-12)24-16(17(15)23-11(2)20)14-8-21-18(3,4)25-14/h5-7,9,14-17H,8H2,1-4H3/b13-7-/t14-,15+,16-,17-/m1/s1. The van der Waals surface area contributed by atoms with Crippen LogP contribution in [0.2, 0.25) is 0 Å². The zero-order valence-corrected chi connectivity index (χ0v) is 15.9. The van der Waals surface area contributed by atoms with E-state index in [0.29, 0.717) is 5.76 Å². The quantitative estimate of drug-likeness (QED) is 0.740. The Kier molecular flexibility index (Phi) is 5.36. The number of hydrogen-bond donors (Lipinski definition) is 0. The Hall–Kier alpha value is -1.90. The molecule has 2 aliphatic rings. The minimum atomic E-state index is -0.839. The second kappa shape index (κ2) is 7.38. The first-order valence-corrected chi connectivity index (χ1v) is 9.26. The molecule has 0 N–H and O–H groups in total. The van der Waals surface area contributed by atoms with Crippen LogP contribution in [0.1, 0.15) is 33.3 Å². The Morgan fingerprint density at radius 1 is 1.27 bits per heavy atom. The third-order valence-electron chi connectivity index (χ3n) is 4.02. The van der Waals surface area contributed by atoms with Gasteiger partial charge in [-0.1, -0.05) is 0 Å². The van der Waals surface area contributed by atoms with Gasteiger partial charge < -0.3 is 23.7 Å². The van der Waals surface area contributed by atoms with Crippen LogP contribution in [0.4, 0.5) is 0 Å². The summed E-state index contributed by atoms with van der Waals surface area (Å²) in [6.07, 6.45) is -0.977. The Morgan fingerprint density at radius 2 is 2.00 bits per heavy atom. The topological polar surface area (TPSA) is 80.3 Å². The fraction of sp³-hybridized carbons (Fsp3) is 0.556. The second-order valence-electron chi connectivity index (χ2n) is 6.66. The Bertz CT molecular complexity index is 694. The smallest absolute Gasteiger partial charge is 0.303 e. The van der Waals surface area contributed by atoms with E-state index in [1.165, 1.54) is 25.2 Å². The van der Waals surface area contributed by atoms with Crippen molar-refractivity contribution in [3.8, 4) is 0 Å².